The zero-order chi connectivity index (χ0) is 17.6. The van der Waals surface area contributed by atoms with Crippen LogP contribution < -0.4 is 10.4 Å². The van der Waals surface area contributed by atoms with Gasteiger partial charge in [0.1, 0.15) is 5.69 Å². The van der Waals surface area contributed by atoms with Crippen LogP contribution in [-0.4, -0.2) is 23.3 Å². The van der Waals surface area contributed by atoms with E-state index in [9.17, 15) is 22.4 Å². The third kappa shape index (κ3) is 3.51. The highest BCUT2D eigenvalue weighted by molar-refractivity contribution is 8.00. The van der Waals surface area contributed by atoms with Crippen LogP contribution in [0.1, 0.15) is 19.4 Å². The number of anilines is 1. The molecule has 0 aromatic heterocycles. The molecule has 1 fully saturated rings. The number of carbonyl (C=O) groups is 1. The van der Waals surface area contributed by atoms with Gasteiger partial charge in [0.25, 0.3) is 0 Å². The largest absolute Gasteiger partial charge is 0.431 e. The molecule has 128 valence electrons. The highest BCUT2D eigenvalue weighted by Crippen LogP contribution is 2.39. The van der Waals surface area contributed by atoms with Gasteiger partial charge in [-0.2, -0.15) is 30.4 Å². The summed E-state index contributed by atoms with van der Waals surface area (Å²) in [4.78, 5) is 11.9. The number of halogens is 5. The third-order valence-corrected chi connectivity index (χ3v) is 4.93. The Bertz CT molecular complexity index is 616. The van der Waals surface area contributed by atoms with E-state index in [-0.39, 0.29) is 6.07 Å². The van der Waals surface area contributed by atoms with E-state index in [1.54, 1.807) is 20.1 Å². The van der Waals surface area contributed by atoms with Gasteiger partial charge in [-0.05, 0) is 32.2 Å². The average Bonchev–Trinajstić information content (AvgIpc) is 2.80. The molecule has 1 aliphatic heterocycles. The molecule has 1 atom stereocenters. The van der Waals surface area contributed by atoms with E-state index < -0.39 is 45.3 Å². The Morgan fingerprint density at radius 1 is 1.35 bits per heavy atom. The molecule has 1 heterocycles. The molecule has 0 saturated carbocycles. The van der Waals surface area contributed by atoms with E-state index in [4.69, 9.17) is 16.3 Å². The lowest BCUT2D eigenvalue weighted by molar-refractivity contribution is -0.137. The van der Waals surface area contributed by atoms with Gasteiger partial charge in [0.2, 0.25) is 0 Å². The van der Waals surface area contributed by atoms with Gasteiger partial charge < -0.3 is 4.74 Å². The molecule has 1 unspecified atom stereocenters. The predicted molar refractivity (Wildman–Crippen MR) is 79.9 cm³/mol. The number of cyclic esters (lactones) is 1. The molecular weight excluding hydrogens is 360 g/mol. The summed E-state index contributed by atoms with van der Waals surface area (Å²) in [7, 11) is 0. The maximum Gasteiger partial charge on any atom is 0.431 e. The van der Waals surface area contributed by atoms with Gasteiger partial charge in [0.15, 0.2) is 12.0 Å². The smallest absolute Gasteiger partial charge is 0.426 e. The molecule has 4 nitrogen and oxygen atoms in total. The molecule has 0 spiro atoms. The number of benzene rings is 1. The number of hydrogen-bond donors (Lipinski definition) is 1. The first-order chi connectivity index (χ1) is 10.5. The van der Waals surface area contributed by atoms with Gasteiger partial charge >= 0.3 is 12.3 Å². The predicted octanol–water partition coefficient (Wildman–Crippen LogP) is 4.43. The highest BCUT2D eigenvalue weighted by Gasteiger charge is 2.43. The molecule has 23 heavy (non-hydrogen) atoms. The summed E-state index contributed by atoms with van der Waals surface area (Å²) in [5.41, 5.74) is 0.874. The van der Waals surface area contributed by atoms with Crippen LogP contribution in [0.25, 0.3) is 0 Å². The molecule has 0 radical (unpaired) electrons. The summed E-state index contributed by atoms with van der Waals surface area (Å²) in [6.07, 6.45) is -4.68. The van der Waals surface area contributed by atoms with Crippen molar-refractivity contribution in [3.63, 3.8) is 0 Å². The van der Waals surface area contributed by atoms with E-state index >= 15 is 0 Å². The highest BCUT2D eigenvalue weighted by atomic mass is 35.5. The van der Waals surface area contributed by atoms with Crippen LogP contribution in [0.3, 0.4) is 0 Å². The normalized spacial score (nSPS) is 19.2. The van der Waals surface area contributed by atoms with Crippen molar-refractivity contribution in [3.8, 4) is 0 Å². The summed E-state index contributed by atoms with van der Waals surface area (Å²) in [6, 6.07) is 0.838. The molecule has 1 saturated heterocycles. The number of hydrogen-bond acceptors (Lipinski definition) is 4. The lowest BCUT2D eigenvalue weighted by atomic mass is 10.2. The van der Waals surface area contributed by atoms with Crippen molar-refractivity contribution in [1.82, 2.24) is 5.43 Å². The van der Waals surface area contributed by atoms with Crippen LogP contribution in [0.15, 0.2) is 12.1 Å². The van der Waals surface area contributed by atoms with Gasteiger partial charge in [0, 0.05) is 0 Å². The SMILES string of the molecule is CSC(C)(C)C1NN(c2c(F)cc(C(F)(F)F)cc2Cl)C(=O)O1. The Morgan fingerprint density at radius 3 is 2.43 bits per heavy atom. The van der Waals surface area contributed by atoms with Crippen LogP contribution in [0.2, 0.25) is 5.02 Å². The van der Waals surface area contributed by atoms with Crippen LogP contribution in [0.4, 0.5) is 28.0 Å². The monoisotopic (exact) mass is 372 g/mol. The van der Waals surface area contributed by atoms with E-state index in [0.29, 0.717) is 11.1 Å². The number of carbonyl (C=O) groups excluding carboxylic acids is 1. The minimum absolute atomic E-state index is 0.281. The molecule has 10 heteroatoms. The fourth-order valence-corrected chi connectivity index (χ4v) is 2.46. The van der Waals surface area contributed by atoms with Gasteiger partial charge in [0.05, 0.1) is 15.3 Å². The van der Waals surface area contributed by atoms with Crippen molar-refractivity contribution in [3.05, 3.63) is 28.5 Å². The first-order valence-corrected chi connectivity index (χ1v) is 7.96. The summed E-state index contributed by atoms with van der Waals surface area (Å²) in [5, 5.41) is 0.130. The maximum absolute atomic E-state index is 14.1. The lowest BCUT2D eigenvalue weighted by Crippen LogP contribution is -2.46. The molecule has 1 aromatic carbocycles. The van der Waals surface area contributed by atoms with Gasteiger partial charge in [-0.1, -0.05) is 11.6 Å². The molecule has 2 rings (SSSR count). The number of nitrogens with one attached hydrogen (secondary N) is 1. The second-order valence-electron chi connectivity index (χ2n) is 5.32. The van der Waals surface area contributed by atoms with Crippen LogP contribution in [-0.2, 0) is 10.9 Å². The molecular formula is C13H13ClF4N2O2S. The van der Waals surface area contributed by atoms with Crippen molar-refractivity contribution in [2.75, 3.05) is 11.3 Å². The van der Waals surface area contributed by atoms with Crippen molar-refractivity contribution in [1.29, 1.82) is 0 Å². The molecule has 1 aliphatic rings. The van der Waals surface area contributed by atoms with Crippen molar-refractivity contribution in [2.45, 2.75) is 31.0 Å². The number of alkyl halides is 3. The minimum Gasteiger partial charge on any atom is -0.426 e. The number of hydrazine groups is 1. The number of amides is 1. The number of ether oxygens (including phenoxy) is 1. The van der Waals surface area contributed by atoms with Gasteiger partial charge in [-0.15, -0.1) is 0 Å². The molecule has 0 aliphatic carbocycles. The topological polar surface area (TPSA) is 41.6 Å². The third-order valence-electron chi connectivity index (χ3n) is 3.37. The van der Waals surface area contributed by atoms with Crippen LogP contribution in [0, 0.1) is 5.82 Å². The van der Waals surface area contributed by atoms with E-state index in [0.717, 1.165) is 0 Å². The summed E-state index contributed by atoms with van der Waals surface area (Å²) in [6.45, 7) is 3.58. The second kappa shape index (κ2) is 6.03. The van der Waals surface area contributed by atoms with Gasteiger partial charge in [-0.3, -0.25) is 0 Å². The fourth-order valence-electron chi connectivity index (χ4n) is 1.85. The average molecular weight is 373 g/mol. The van der Waals surface area contributed by atoms with E-state index in [1.807, 2.05) is 0 Å². The Balaban J connectivity index is 2.38. The number of thioether (sulfide) groups is 1. The Labute approximate surface area is 139 Å². The van der Waals surface area contributed by atoms with Crippen LogP contribution in [0.5, 0.6) is 0 Å². The van der Waals surface area contributed by atoms with E-state index in [2.05, 4.69) is 5.43 Å². The summed E-state index contributed by atoms with van der Waals surface area (Å²) in [5.74, 6) is -1.28. The quantitative estimate of drug-likeness (QED) is 0.797. The Morgan fingerprint density at radius 2 is 1.96 bits per heavy atom. The molecule has 0 bridgehead atoms. The zero-order valence-corrected chi connectivity index (χ0v) is 13.9. The summed E-state index contributed by atoms with van der Waals surface area (Å²) < 4.78 is 56.6. The maximum atomic E-state index is 14.1. The zero-order valence-electron chi connectivity index (χ0n) is 12.3. The summed E-state index contributed by atoms with van der Waals surface area (Å²) >= 11 is 7.14. The first kappa shape index (κ1) is 18.2. The Hall–Kier alpha value is -1.19. The standard InChI is InChI=1S/C13H13ClF4N2O2S/c1-12(2,23-3)10-19-20(11(21)22-10)9-7(14)4-6(5-8(9)15)13(16,17)18/h4-5,10,19H,1-3H3. The van der Waals surface area contributed by atoms with Crippen molar-refractivity contribution in [2.24, 2.45) is 0 Å². The molecule has 1 N–H and O–H groups in total. The lowest BCUT2D eigenvalue weighted by Gasteiger charge is -2.27. The first-order valence-electron chi connectivity index (χ1n) is 6.35. The minimum atomic E-state index is -4.74. The number of nitrogens with zero attached hydrogens (tertiary/aromatic N) is 1. The van der Waals surface area contributed by atoms with Gasteiger partial charge in [-0.25, -0.2) is 14.2 Å². The molecule has 1 amide bonds. The van der Waals surface area contributed by atoms with Crippen molar-refractivity contribution < 1.29 is 27.1 Å². The second-order valence-corrected chi connectivity index (χ2v) is 7.19. The van der Waals surface area contributed by atoms with E-state index in [1.165, 1.54) is 11.8 Å². The van der Waals surface area contributed by atoms with Crippen molar-refractivity contribution >= 4 is 35.1 Å². The molecule has 1 aromatic rings. The fraction of sp³-hybridized carbons (Fsp3) is 0.462. The Kier molecular flexibility index (Phi) is 4.76. The number of rotatable bonds is 3. The van der Waals surface area contributed by atoms with Crippen LogP contribution >= 0.6 is 23.4 Å².